The van der Waals surface area contributed by atoms with Crippen LogP contribution in [0.25, 0.3) is 11.0 Å². The zero-order valence-electron chi connectivity index (χ0n) is 11.8. The van der Waals surface area contributed by atoms with Gasteiger partial charge < -0.3 is 9.52 Å². The van der Waals surface area contributed by atoms with E-state index >= 15 is 0 Å². The molecule has 1 N–H and O–H groups in total. The minimum absolute atomic E-state index is 0.563. The molecular formula is C18H17ClO2. The molecule has 0 aliphatic rings. The first-order valence-corrected chi connectivity index (χ1v) is 7.49. The molecule has 0 aliphatic heterocycles. The molecule has 2 aromatic carbocycles. The van der Waals surface area contributed by atoms with Crippen LogP contribution < -0.4 is 0 Å². The maximum atomic E-state index is 11.2. The van der Waals surface area contributed by atoms with Gasteiger partial charge in [0.2, 0.25) is 0 Å². The van der Waals surface area contributed by atoms with Gasteiger partial charge in [-0.25, -0.2) is 0 Å². The van der Waals surface area contributed by atoms with E-state index in [1.807, 2.05) is 55.5 Å². The van der Waals surface area contributed by atoms with E-state index in [-0.39, 0.29) is 0 Å². The topological polar surface area (TPSA) is 33.4 Å². The van der Waals surface area contributed by atoms with Crippen molar-refractivity contribution in [2.45, 2.75) is 25.4 Å². The average Bonchev–Trinajstić information content (AvgIpc) is 2.92. The van der Waals surface area contributed by atoms with E-state index in [2.05, 4.69) is 0 Å². The molecule has 2 nitrogen and oxygen atoms in total. The van der Waals surface area contributed by atoms with E-state index in [9.17, 15) is 5.11 Å². The Morgan fingerprint density at radius 1 is 1.10 bits per heavy atom. The van der Waals surface area contributed by atoms with Crippen LogP contribution in [0.1, 0.15) is 31.1 Å². The maximum Gasteiger partial charge on any atom is 0.147 e. The Bertz CT molecular complexity index is 748. The summed E-state index contributed by atoms with van der Waals surface area (Å²) in [7, 11) is 0. The highest BCUT2D eigenvalue weighted by molar-refractivity contribution is 6.31. The zero-order chi connectivity index (χ0) is 14.9. The van der Waals surface area contributed by atoms with Crippen LogP contribution in [0, 0.1) is 0 Å². The van der Waals surface area contributed by atoms with Gasteiger partial charge in [-0.1, -0.05) is 55.3 Å². The number of benzene rings is 2. The van der Waals surface area contributed by atoms with Gasteiger partial charge >= 0.3 is 0 Å². The van der Waals surface area contributed by atoms with Crippen molar-refractivity contribution < 1.29 is 9.52 Å². The van der Waals surface area contributed by atoms with Crippen LogP contribution in [0.4, 0.5) is 0 Å². The fraction of sp³-hybridized carbons (Fsp3) is 0.222. The Kier molecular flexibility index (Phi) is 3.75. The minimum atomic E-state index is -1.11. The predicted octanol–water partition coefficient (Wildman–Crippen LogP) is 5.12. The summed E-state index contributed by atoms with van der Waals surface area (Å²) in [4.78, 5) is 0. The number of fused-ring (bicyclic) bond motifs is 1. The number of halogens is 1. The Hall–Kier alpha value is -1.77. The first-order valence-electron chi connectivity index (χ1n) is 7.11. The van der Waals surface area contributed by atoms with Gasteiger partial charge in [-0.05, 0) is 36.2 Å². The number of hydrogen-bond acceptors (Lipinski definition) is 2. The van der Waals surface area contributed by atoms with Crippen molar-refractivity contribution in [3.05, 3.63) is 70.9 Å². The highest BCUT2D eigenvalue weighted by atomic mass is 35.5. The molecule has 0 saturated carbocycles. The van der Waals surface area contributed by atoms with Crippen LogP contribution in [-0.4, -0.2) is 5.11 Å². The van der Waals surface area contributed by atoms with Gasteiger partial charge in [0.25, 0.3) is 0 Å². The molecule has 0 bridgehead atoms. The Morgan fingerprint density at radius 3 is 2.57 bits per heavy atom. The predicted molar refractivity (Wildman–Crippen MR) is 85.6 cm³/mol. The number of aliphatic hydroxyl groups is 1. The van der Waals surface area contributed by atoms with E-state index in [0.717, 1.165) is 23.0 Å². The summed E-state index contributed by atoms with van der Waals surface area (Å²) in [6.45, 7) is 2.05. The third kappa shape index (κ3) is 2.57. The number of furan rings is 1. The molecule has 3 aromatic rings. The van der Waals surface area contributed by atoms with Crippen molar-refractivity contribution in [3.8, 4) is 0 Å². The fourth-order valence-corrected chi connectivity index (χ4v) is 2.88. The summed E-state index contributed by atoms with van der Waals surface area (Å²) in [6, 6.07) is 17.0. The van der Waals surface area contributed by atoms with Gasteiger partial charge in [-0.2, -0.15) is 0 Å². The second-order valence-electron chi connectivity index (χ2n) is 5.27. The summed E-state index contributed by atoms with van der Waals surface area (Å²) >= 11 is 6.02. The molecule has 0 radical (unpaired) electrons. The average molecular weight is 301 g/mol. The van der Waals surface area contributed by atoms with Gasteiger partial charge in [0, 0.05) is 10.4 Å². The molecule has 1 atom stereocenters. The molecule has 0 amide bonds. The van der Waals surface area contributed by atoms with Crippen LogP contribution in [0.5, 0.6) is 0 Å². The van der Waals surface area contributed by atoms with E-state index in [1.54, 1.807) is 6.07 Å². The second kappa shape index (κ2) is 5.55. The van der Waals surface area contributed by atoms with Gasteiger partial charge in [0.15, 0.2) is 0 Å². The van der Waals surface area contributed by atoms with Crippen LogP contribution >= 0.6 is 11.6 Å². The van der Waals surface area contributed by atoms with Crippen molar-refractivity contribution in [1.29, 1.82) is 0 Å². The number of hydrogen-bond donors (Lipinski definition) is 1. The summed E-state index contributed by atoms with van der Waals surface area (Å²) in [6.07, 6.45) is 1.45. The van der Waals surface area contributed by atoms with Crippen LogP contribution in [0.2, 0.25) is 5.02 Å². The summed E-state index contributed by atoms with van der Waals surface area (Å²) in [5.41, 5.74) is 0.471. The van der Waals surface area contributed by atoms with Crippen molar-refractivity contribution in [1.82, 2.24) is 0 Å². The monoisotopic (exact) mass is 300 g/mol. The SMILES string of the molecule is CCCC(O)(c1ccccc1)c1cc2cc(Cl)ccc2o1. The number of rotatable bonds is 4. The molecule has 0 saturated heterocycles. The van der Waals surface area contributed by atoms with Gasteiger partial charge in [0.05, 0.1) is 0 Å². The Labute approximate surface area is 129 Å². The molecule has 0 aliphatic carbocycles. The second-order valence-corrected chi connectivity index (χ2v) is 5.71. The molecule has 0 spiro atoms. The van der Waals surface area contributed by atoms with Gasteiger partial charge in [-0.15, -0.1) is 0 Å². The summed E-state index contributed by atoms with van der Waals surface area (Å²) in [5, 5.41) is 12.8. The lowest BCUT2D eigenvalue weighted by atomic mass is 9.87. The largest absolute Gasteiger partial charge is 0.458 e. The molecule has 3 rings (SSSR count). The van der Waals surface area contributed by atoms with E-state index < -0.39 is 5.60 Å². The zero-order valence-corrected chi connectivity index (χ0v) is 12.6. The van der Waals surface area contributed by atoms with Crippen LogP contribution in [-0.2, 0) is 5.60 Å². The minimum Gasteiger partial charge on any atom is -0.458 e. The Morgan fingerprint density at radius 2 is 1.86 bits per heavy atom. The first-order chi connectivity index (χ1) is 10.1. The molecule has 108 valence electrons. The fourth-order valence-electron chi connectivity index (χ4n) is 2.70. The van der Waals surface area contributed by atoms with Crippen molar-refractivity contribution in [2.24, 2.45) is 0 Å². The standard InChI is InChI=1S/C18H17ClO2/c1-2-10-18(20,14-6-4-3-5-7-14)17-12-13-11-15(19)8-9-16(13)21-17/h3-9,11-12,20H,2,10H2,1H3. The molecule has 21 heavy (non-hydrogen) atoms. The molecule has 1 heterocycles. The van der Waals surface area contributed by atoms with E-state index in [4.69, 9.17) is 16.0 Å². The normalized spacial score (nSPS) is 14.2. The summed E-state index contributed by atoms with van der Waals surface area (Å²) in [5.74, 6) is 0.563. The van der Waals surface area contributed by atoms with Crippen molar-refractivity contribution in [3.63, 3.8) is 0 Å². The molecule has 1 unspecified atom stereocenters. The molecule has 1 aromatic heterocycles. The van der Waals surface area contributed by atoms with E-state index in [0.29, 0.717) is 17.2 Å². The molecular weight excluding hydrogens is 284 g/mol. The third-order valence-electron chi connectivity index (χ3n) is 3.75. The quantitative estimate of drug-likeness (QED) is 0.725. The lowest BCUT2D eigenvalue weighted by Gasteiger charge is -2.26. The van der Waals surface area contributed by atoms with Crippen LogP contribution in [0.3, 0.4) is 0 Å². The highest BCUT2D eigenvalue weighted by Gasteiger charge is 2.34. The van der Waals surface area contributed by atoms with Crippen molar-refractivity contribution in [2.75, 3.05) is 0 Å². The molecule has 0 fully saturated rings. The summed E-state index contributed by atoms with van der Waals surface area (Å²) < 4.78 is 5.89. The van der Waals surface area contributed by atoms with Gasteiger partial charge in [0.1, 0.15) is 16.9 Å². The Balaban J connectivity index is 2.15. The van der Waals surface area contributed by atoms with Crippen molar-refractivity contribution >= 4 is 22.6 Å². The van der Waals surface area contributed by atoms with E-state index in [1.165, 1.54) is 0 Å². The smallest absolute Gasteiger partial charge is 0.147 e. The lowest BCUT2D eigenvalue weighted by molar-refractivity contribution is 0.0486. The maximum absolute atomic E-state index is 11.2. The molecule has 3 heteroatoms. The van der Waals surface area contributed by atoms with Gasteiger partial charge in [-0.3, -0.25) is 0 Å². The third-order valence-corrected chi connectivity index (χ3v) is 3.98. The lowest BCUT2D eigenvalue weighted by Crippen LogP contribution is -2.26. The van der Waals surface area contributed by atoms with Crippen LogP contribution in [0.15, 0.2) is 59.0 Å². The first kappa shape index (κ1) is 14.2. The highest BCUT2D eigenvalue weighted by Crippen LogP contribution is 2.37.